The number of aryl methyl sites for hydroxylation is 2. The highest BCUT2D eigenvalue weighted by Gasteiger charge is 2.20. The summed E-state index contributed by atoms with van der Waals surface area (Å²) in [6.45, 7) is 5.67. The smallest absolute Gasteiger partial charge is 0.303 e. The second-order valence-electron chi connectivity index (χ2n) is 4.87. The Morgan fingerprint density at radius 1 is 1.30 bits per heavy atom. The molecule has 0 aromatic carbocycles. The molecule has 1 rings (SSSR count). The van der Waals surface area contributed by atoms with Crippen LogP contribution in [0.5, 0.6) is 0 Å². The van der Waals surface area contributed by atoms with Crippen molar-refractivity contribution in [2.45, 2.75) is 58.9 Å². The van der Waals surface area contributed by atoms with Crippen LogP contribution in [0.2, 0.25) is 0 Å². The topological polar surface area (TPSA) is 92.4 Å². The maximum absolute atomic E-state index is 11.9. The lowest BCUT2D eigenvalue weighted by atomic mass is 10.0. The van der Waals surface area contributed by atoms with Crippen molar-refractivity contribution in [1.29, 1.82) is 0 Å². The molecule has 1 aromatic rings. The molecule has 1 unspecified atom stereocenters. The molecule has 2 N–H and O–H groups in total. The Morgan fingerprint density at radius 3 is 2.45 bits per heavy atom. The van der Waals surface area contributed by atoms with Crippen LogP contribution in [0.1, 0.15) is 62.1 Å². The Morgan fingerprint density at radius 2 is 1.95 bits per heavy atom. The molecule has 1 heterocycles. The number of carbonyl (C=O) groups is 2. The molecule has 112 valence electrons. The summed E-state index contributed by atoms with van der Waals surface area (Å²) in [5.41, 5.74) is 1.73. The molecule has 0 aliphatic heterocycles. The summed E-state index contributed by atoms with van der Waals surface area (Å²) in [6.07, 6.45) is 2.30. The van der Waals surface area contributed by atoms with Crippen molar-refractivity contribution >= 4 is 11.9 Å². The number of carboxylic acids is 1. The first kappa shape index (κ1) is 16.2. The molecule has 6 heteroatoms. The molecular formula is C14H22N2O4. The van der Waals surface area contributed by atoms with Gasteiger partial charge in [0.25, 0.3) is 0 Å². The van der Waals surface area contributed by atoms with Gasteiger partial charge in [-0.15, -0.1) is 0 Å². The minimum Gasteiger partial charge on any atom is -0.481 e. The standard InChI is InChI=1S/C14H22N2O4/c1-4-11(14-9(2)16-20-10(14)3)15-12(17)7-5-6-8-13(18)19/h11H,4-8H2,1-3H3,(H,15,17)(H,18,19). The van der Waals surface area contributed by atoms with Crippen LogP contribution in [0.4, 0.5) is 0 Å². The van der Waals surface area contributed by atoms with Gasteiger partial charge in [0.15, 0.2) is 0 Å². The van der Waals surface area contributed by atoms with Crippen molar-refractivity contribution in [3.05, 3.63) is 17.0 Å². The Kier molecular flexibility index (Phi) is 6.21. The number of aromatic nitrogens is 1. The number of unbranched alkanes of at least 4 members (excludes halogenated alkanes) is 1. The number of nitrogens with zero attached hydrogens (tertiary/aromatic N) is 1. The summed E-state index contributed by atoms with van der Waals surface area (Å²) in [5.74, 6) is -0.171. The fourth-order valence-corrected chi connectivity index (χ4v) is 2.19. The van der Waals surface area contributed by atoms with Gasteiger partial charge in [0.05, 0.1) is 11.7 Å². The zero-order chi connectivity index (χ0) is 15.1. The second kappa shape index (κ2) is 7.67. The summed E-state index contributed by atoms with van der Waals surface area (Å²) in [5, 5.41) is 15.4. The van der Waals surface area contributed by atoms with E-state index in [0.29, 0.717) is 19.3 Å². The van der Waals surface area contributed by atoms with Gasteiger partial charge in [-0.25, -0.2) is 0 Å². The van der Waals surface area contributed by atoms with Crippen LogP contribution < -0.4 is 5.32 Å². The van der Waals surface area contributed by atoms with E-state index in [0.717, 1.165) is 23.4 Å². The van der Waals surface area contributed by atoms with E-state index < -0.39 is 5.97 Å². The van der Waals surface area contributed by atoms with E-state index in [1.54, 1.807) is 0 Å². The van der Waals surface area contributed by atoms with Gasteiger partial charge in [-0.1, -0.05) is 12.1 Å². The number of carboxylic acid groups (broad SMARTS) is 1. The first-order valence-electron chi connectivity index (χ1n) is 6.89. The Bertz CT molecular complexity index is 448. The van der Waals surface area contributed by atoms with Gasteiger partial charge in [0.1, 0.15) is 5.76 Å². The van der Waals surface area contributed by atoms with Gasteiger partial charge in [-0.2, -0.15) is 0 Å². The summed E-state index contributed by atoms with van der Waals surface area (Å²) in [6, 6.07) is -0.103. The highest BCUT2D eigenvalue weighted by atomic mass is 16.5. The van der Waals surface area contributed by atoms with Crippen LogP contribution in [0.15, 0.2) is 4.52 Å². The normalized spacial score (nSPS) is 12.2. The average Bonchev–Trinajstić information content (AvgIpc) is 2.72. The largest absolute Gasteiger partial charge is 0.481 e. The lowest BCUT2D eigenvalue weighted by Crippen LogP contribution is -2.28. The van der Waals surface area contributed by atoms with E-state index in [-0.39, 0.29) is 18.4 Å². The molecule has 0 radical (unpaired) electrons. The van der Waals surface area contributed by atoms with E-state index in [2.05, 4.69) is 10.5 Å². The van der Waals surface area contributed by atoms with Crippen molar-refractivity contribution in [3.8, 4) is 0 Å². The van der Waals surface area contributed by atoms with Crippen molar-refractivity contribution in [2.24, 2.45) is 0 Å². The van der Waals surface area contributed by atoms with Gasteiger partial charge < -0.3 is 14.9 Å². The highest BCUT2D eigenvalue weighted by Crippen LogP contribution is 2.24. The van der Waals surface area contributed by atoms with Crippen LogP contribution in [0, 0.1) is 13.8 Å². The van der Waals surface area contributed by atoms with Crippen LogP contribution in [-0.2, 0) is 9.59 Å². The van der Waals surface area contributed by atoms with E-state index in [9.17, 15) is 9.59 Å². The van der Waals surface area contributed by atoms with Gasteiger partial charge in [0.2, 0.25) is 5.91 Å². The summed E-state index contributed by atoms with van der Waals surface area (Å²) in [7, 11) is 0. The van der Waals surface area contributed by atoms with Crippen molar-refractivity contribution in [2.75, 3.05) is 0 Å². The maximum Gasteiger partial charge on any atom is 0.303 e. The molecule has 0 saturated carbocycles. The van der Waals surface area contributed by atoms with Gasteiger partial charge in [0, 0.05) is 18.4 Å². The van der Waals surface area contributed by atoms with Crippen molar-refractivity contribution in [3.63, 3.8) is 0 Å². The van der Waals surface area contributed by atoms with Crippen LogP contribution in [0.25, 0.3) is 0 Å². The molecule has 0 aliphatic carbocycles. The molecule has 0 fully saturated rings. The summed E-state index contributed by atoms with van der Waals surface area (Å²) in [4.78, 5) is 22.2. The number of hydrogen-bond acceptors (Lipinski definition) is 4. The maximum atomic E-state index is 11.9. The Hall–Kier alpha value is -1.85. The first-order valence-corrected chi connectivity index (χ1v) is 6.89. The molecule has 1 atom stereocenters. The minimum atomic E-state index is -0.826. The van der Waals surface area contributed by atoms with E-state index in [4.69, 9.17) is 9.63 Å². The number of aliphatic carboxylic acids is 1. The fraction of sp³-hybridized carbons (Fsp3) is 0.643. The molecule has 0 spiro atoms. The van der Waals surface area contributed by atoms with Crippen LogP contribution in [0.3, 0.4) is 0 Å². The molecule has 1 aromatic heterocycles. The van der Waals surface area contributed by atoms with Gasteiger partial charge in [-0.05, 0) is 33.1 Å². The first-order chi connectivity index (χ1) is 9.45. The van der Waals surface area contributed by atoms with Crippen LogP contribution in [-0.4, -0.2) is 22.1 Å². The molecule has 1 amide bonds. The lowest BCUT2D eigenvalue weighted by molar-refractivity contribution is -0.137. The zero-order valence-corrected chi connectivity index (χ0v) is 12.2. The summed E-state index contributed by atoms with van der Waals surface area (Å²) < 4.78 is 5.12. The second-order valence-corrected chi connectivity index (χ2v) is 4.87. The molecule has 0 saturated heterocycles. The van der Waals surface area contributed by atoms with E-state index >= 15 is 0 Å². The summed E-state index contributed by atoms with van der Waals surface area (Å²) >= 11 is 0. The number of nitrogens with one attached hydrogen (secondary N) is 1. The van der Waals surface area contributed by atoms with Gasteiger partial charge in [-0.3, -0.25) is 9.59 Å². The zero-order valence-electron chi connectivity index (χ0n) is 12.2. The fourth-order valence-electron chi connectivity index (χ4n) is 2.19. The third-order valence-corrected chi connectivity index (χ3v) is 3.22. The quantitative estimate of drug-likeness (QED) is 0.715. The minimum absolute atomic E-state index is 0.0674. The molecule has 0 bridgehead atoms. The van der Waals surface area contributed by atoms with E-state index in [1.807, 2.05) is 20.8 Å². The van der Waals surface area contributed by atoms with Gasteiger partial charge >= 0.3 is 5.97 Å². The average molecular weight is 282 g/mol. The Balaban J connectivity index is 2.48. The molecule has 20 heavy (non-hydrogen) atoms. The number of rotatable bonds is 8. The predicted molar refractivity (Wildman–Crippen MR) is 73.3 cm³/mol. The molecule has 6 nitrogen and oxygen atoms in total. The van der Waals surface area contributed by atoms with Crippen molar-refractivity contribution < 1.29 is 19.2 Å². The highest BCUT2D eigenvalue weighted by molar-refractivity contribution is 5.76. The van der Waals surface area contributed by atoms with Crippen LogP contribution >= 0.6 is 0 Å². The number of carbonyl (C=O) groups excluding carboxylic acids is 1. The lowest BCUT2D eigenvalue weighted by Gasteiger charge is -2.16. The third-order valence-electron chi connectivity index (χ3n) is 3.22. The predicted octanol–water partition coefficient (Wildman–Crippen LogP) is 2.50. The molecule has 0 aliphatic rings. The van der Waals surface area contributed by atoms with E-state index in [1.165, 1.54) is 0 Å². The van der Waals surface area contributed by atoms with Crippen molar-refractivity contribution in [1.82, 2.24) is 10.5 Å². The number of amides is 1. The number of hydrogen-bond donors (Lipinski definition) is 2. The third kappa shape index (κ3) is 4.68. The SMILES string of the molecule is CCC(NC(=O)CCCCC(=O)O)c1c(C)noc1C. The Labute approximate surface area is 118 Å². The molecular weight excluding hydrogens is 260 g/mol. The monoisotopic (exact) mass is 282 g/mol.